The monoisotopic (exact) mass is 266 g/mol. The van der Waals surface area contributed by atoms with E-state index in [0.29, 0.717) is 5.41 Å². The molecule has 2 unspecified atom stereocenters. The Hall–Kier alpha value is -0.0800. The largest absolute Gasteiger partial charge is 0.330 e. The summed E-state index contributed by atoms with van der Waals surface area (Å²) in [5, 5.41) is 0. The van der Waals surface area contributed by atoms with Crippen LogP contribution in [0.5, 0.6) is 0 Å². The Kier molecular flexibility index (Phi) is 5.70. The third-order valence-corrected chi connectivity index (χ3v) is 5.65. The van der Waals surface area contributed by atoms with Gasteiger partial charge in [-0.25, -0.2) is 0 Å². The van der Waals surface area contributed by atoms with Crippen molar-refractivity contribution in [2.24, 2.45) is 17.1 Å². The number of hydrogen-bond acceptors (Lipinski definition) is 2. The van der Waals surface area contributed by atoms with Crippen LogP contribution in [0, 0.1) is 11.3 Å². The predicted octanol–water partition coefficient (Wildman–Crippen LogP) is 3.80. The van der Waals surface area contributed by atoms with Crippen molar-refractivity contribution >= 4 is 0 Å². The highest BCUT2D eigenvalue weighted by atomic mass is 15.1. The molecule has 0 bridgehead atoms. The zero-order valence-corrected chi connectivity index (χ0v) is 13.2. The van der Waals surface area contributed by atoms with Crippen molar-refractivity contribution in [1.29, 1.82) is 0 Å². The first-order valence-electron chi connectivity index (χ1n) is 8.55. The van der Waals surface area contributed by atoms with Gasteiger partial charge in [-0.3, -0.25) is 0 Å². The average Bonchev–Trinajstić information content (AvgIpc) is 2.67. The molecule has 0 aromatic carbocycles. The molecule has 0 saturated heterocycles. The molecule has 0 aromatic rings. The minimum absolute atomic E-state index is 0.415. The van der Waals surface area contributed by atoms with Gasteiger partial charge < -0.3 is 10.6 Å². The van der Waals surface area contributed by atoms with Crippen LogP contribution in [-0.4, -0.2) is 31.1 Å². The molecule has 2 aliphatic rings. The molecule has 0 heterocycles. The Morgan fingerprint density at radius 3 is 2.32 bits per heavy atom. The highest BCUT2D eigenvalue weighted by Gasteiger charge is 2.35. The Balaban J connectivity index is 1.92. The number of hydrogen-bond donors (Lipinski definition) is 1. The fraction of sp³-hybridized carbons (Fsp3) is 1.00. The van der Waals surface area contributed by atoms with Gasteiger partial charge in [0.15, 0.2) is 0 Å². The molecule has 19 heavy (non-hydrogen) atoms. The van der Waals surface area contributed by atoms with Gasteiger partial charge in [0.1, 0.15) is 0 Å². The average molecular weight is 266 g/mol. The molecule has 2 heteroatoms. The molecule has 0 aromatic heterocycles. The molecule has 2 saturated carbocycles. The zero-order chi connectivity index (χ0) is 13.7. The van der Waals surface area contributed by atoms with E-state index in [4.69, 9.17) is 5.73 Å². The Morgan fingerprint density at radius 1 is 1.05 bits per heavy atom. The van der Waals surface area contributed by atoms with Crippen molar-refractivity contribution in [1.82, 2.24) is 4.90 Å². The topological polar surface area (TPSA) is 29.3 Å². The van der Waals surface area contributed by atoms with Gasteiger partial charge in [0.25, 0.3) is 0 Å². The Bertz CT molecular complexity index is 258. The second-order valence-electron chi connectivity index (χ2n) is 7.47. The van der Waals surface area contributed by atoms with E-state index in [0.717, 1.165) is 18.5 Å². The van der Waals surface area contributed by atoms with Crippen molar-refractivity contribution in [3.05, 3.63) is 0 Å². The van der Waals surface area contributed by atoms with Gasteiger partial charge in [-0.2, -0.15) is 0 Å². The first-order valence-corrected chi connectivity index (χ1v) is 8.55. The van der Waals surface area contributed by atoms with E-state index in [2.05, 4.69) is 18.9 Å². The van der Waals surface area contributed by atoms with Crippen LogP contribution in [0.3, 0.4) is 0 Å². The summed E-state index contributed by atoms with van der Waals surface area (Å²) in [7, 11) is 2.35. The van der Waals surface area contributed by atoms with E-state index in [1.165, 1.54) is 70.8 Å². The van der Waals surface area contributed by atoms with E-state index >= 15 is 0 Å². The third-order valence-electron chi connectivity index (χ3n) is 5.65. The van der Waals surface area contributed by atoms with Crippen molar-refractivity contribution < 1.29 is 0 Å². The fourth-order valence-electron chi connectivity index (χ4n) is 4.52. The maximum Gasteiger partial charge on any atom is 0.00924 e. The minimum atomic E-state index is 0.415. The SMILES string of the molecule is CC1CCCC(CN)(CN(C)C2CCCCCC2)C1. The molecule has 2 nitrogen and oxygen atoms in total. The van der Waals surface area contributed by atoms with Crippen LogP contribution in [0.25, 0.3) is 0 Å². The van der Waals surface area contributed by atoms with Gasteiger partial charge in [0.05, 0.1) is 0 Å². The van der Waals surface area contributed by atoms with Crippen LogP contribution < -0.4 is 5.73 Å². The van der Waals surface area contributed by atoms with Gasteiger partial charge in [0.2, 0.25) is 0 Å². The second kappa shape index (κ2) is 7.08. The normalized spacial score (nSPS) is 34.4. The molecular weight excluding hydrogens is 232 g/mol. The van der Waals surface area contributed by atoms with Crippen molar-refractivity contribution in [3.8, 4) is 0 Å². The predicted molar refractivity (Wildman–Crippen MR) is 83.2 cm³/mol. The summed E-state index contributed by atoms with van der Waals surface area (Å²) in [5.41, 5.74) is 6.60. The molecule has 0 spiro atoms. The maximum atomic E-state index is 6.18. The number of nitrogens with zero attached hydrogens (tertiary/aromatic N) is 1. The van der Waals surface area contributed by atoms with E-state index in [9.17, 15) is 0 Å². The summed E-state index contributed by atoms with van der Waals surface area (Å²) >= 11 is 0. The number of nitrogens with two attached hydrogens (primary N) is 1. The smallest absolute Gasteiger partial charge is 0.00924 e. The molecule has 0 radical (unpaired) electrons. The van der Waals surface area contributed by atoms with Crippen LogP contribution in [0.1, 0.15) is 71.1 Å². The molecule has 112 valence electrons. The lowest BCUT2D eigenvalue weighted by atomic mass is 9.69. The van der Waals surface area contributed by atoms with E-state index in [1.54, 1.807) is 0 Å². The van der Waals surface area contributed by atoms with Gasteiger partial charge in [0, 0.05) is 12.6 Å². The highest BCUT2D eigenvalue weighted by Crippen LogP contribution is 2.39. The third kappa shape index (κ3) is 4.19. The van der Waals surface area contributed by atoms with E-state index < -0.39 is 0 Å². The van der Waals surface area contributed by atoms with E-state index in [-0.39, 0.29) is 0 Å². The number of rotatable bonds is 4. The van der Waals surface area contributed by atoms with Crippen LogP contribution in [0.2, 0.25) is 0 Å². The van der Waals surface area contributed by atoms with Crippen molar-refractivity contribution in [3.63, 3.8) is 0 Å². The summed E-state index contributed by atoms with van der Waals surface area (Å²) in [6, 6.07) is 0.822. The molecule has 2 atom stereocenters. The lowest BCUT2D eigenvalue weighted by Gasteiger charge is -2.43. The van der Waals surface area contributed by atoms with Crippen LogP contribution in [0.4, 0.5) is 0 Å². The van der Waals surface area contributed by atoms with Crippen LogP contribution in [-0.2, 0) is 0 Å². The Labute approximate surface area is 120 Å². The first kappa shape index (κ1) is 15.3. The lowest BCUT2D eigenvalue weighted by molar-refractivity contribution is 0.0759. The van der Waals surface area contributed by atoms with Crippen LogP contribution in [0.15, 0.2) is 0 Å². The Morgan fingerprint density at radius 2 is 1.74 bits per heavy atom. The molecule has 2 N–H and O–H groups in total. The highest BCUT2D eigenvalue weighted by molar-refractivity contribution is 4.90. The van der Waals surface area contributed by atoms with Gasteiger partial charge in [-0.05, 0) is 50.6 Å². The lowest BCUT2D eigenvalue weighted by Crippen LogP contribution is -2.47. The summed E-state index contributed by atoms with van der Waals surface area (Å²) in [6.45, 7) is 4.53. The van der Waals surface area contributed by atoms with Crippen LogP contribution >= 0.6 is 0 Å². The molecular formula is C17H34N2. The fourth-order valence-corrected chi connectivity index (χ4v) is 4.52. The quantitative estimate of drug-likeness (QED) is 0.784. The summed E-state index contributed by atoms with van der Waals surface area (Å²) in [6.07, 6.45) is 14.1. The van der Waals surface area contributed by atoms with E-state index in [1.807, 2.05) is 0 Å². The first-order chi connectivity index (χ1) is 9.15. The molecule has 2 fully saturated rings. The summed E-state index contributed by atoms with van der Waals surface area (Å²) < 4.78 is 0. The van der Waals surface area contributed by atoms with Gasteiger partial charge in [-0.15, -0.1) is 0 Å². The summed E-state index contributed by atoms with van der Waals surface area (Å²) in [4.78, 5) is 2.66. The molecule has 0 amide bonds. The maximum absolute atomic E-state index is 6.18. The van der Waals surface area contributed by atoms with Crippen molar-refractivity contribution in [2.75, 3.05) is 20.1 Å². The molecule has 2 aliphatic carbocycles. The minimum Gasteiger partial charge on any atom is -0.330 e. The van der Waals surface area contributed by atoms with Gasteiger partial charge >= 0.3 is 0 Å². The molecule has 2 rings (SSSR count). The van der Waals surface area contributed by atoms with Gasteiger partial charge in [-0.1, -0.05) is 45.4 Å². The van der Waals surface area contributed by atoms with Crippen molar-refractivity contribution in [2.45, 2.75) is 77.2 Å². The molecule has 0 aliphatic heterocycles. The second-order valence-corrected chi connectivity index (χ2v) is 7.47. The standard InChI is InChI=1S/C17H34N2/c1-15-8-7-11-17(12-15,13-18)14-19(2)16-9-5-3-4-6-10-16/h15-16H,3-14,18H2,1-2H3. The zero-order valence-electron chi connectivity index (χ0n) is 13.2. The summed E-state index contributed by atoms with van der Waals surface area (Å²) in [5.74, 6) is 0.875.